The fourth-order valence-corrected chi connectivity index (χ4v) is 3.51. The standard InChI is InChI=1S/C13H18N4O5S/c1-3-21-11-9-10(15-13(14)16-11)17(5(2)23-9)12-8(20)7(19)6(4-18)22-12/h6-8,12,18-20H,2-4H2,1H3,(H2,14,15,16)/t6-,7-,8-,12-/m1/s1. The minimum absolute atomic E-state index is 0.0132. The van der Waals surface area contributed by atoms with Gasteiger partial charge in [0.05, 0.1) is 18.2 Å². The zero-order chi connectivity index (χ0) is 16.7. The third-order valence-electron chi connectivity index (χ3n) is 3.60. The van der Waals surface area contributed by atoms with E-state index in [0.717, 1.165) is 0 Å². The maximum Gasteiger partial charge on any atom is 0.234 e. The maximum absolute atomic E-state index is 10.2. The monoisotopic (exact) mass is 342 g/mol. The van der Waals surface area contributed by atoms with E-state index in [1.807, 2.05) is 6.92 Å². The van der Waals surface area contributed by atoms with Crippen LogP contribution in [0.2, 0.25) is 0 Å². The Morgan fingerprint density at radius 2 is 2.13 bits per heavy atom. The van der Waals surface area contributed by atoms with Gasteiger partial charge in [0.15, 0.2) is 12.0 Å². The highest BCUT2D eigenvalue weighted by molar-refractivity contribution is 8.03. The highest BCUT2D eigenvalue weighted by Crippen LogP contribution is 2.50. The Hall–Kier alpha value is -1.59. The van der Waals surface area contributed by atoms with Crippen molar-refractivity contribution in [2.24, 2.45) is 0 Å². The van der Waals surface area contributed by atoms with E-state index >= 15 is 0 Å². The number of fused-ring (bicyclic) bond motifs is 1. The topological polar surface area (TPSA) is 134 Å². The molecule has 23 heavy (non-hydrogen) atoms. The number of nitrogen functional groups attached to an aromatic ring is 1. The van der Waals surface area contributed by atoms with Crippen molar-refractivity contribution in [2.75, 3.05) is 23.8 Å². The van der Waals surface area contributed by atoms with Crippen LogP contribution in [0.4, 0.5) is 11.8 Å². The number of anilines is 2. The van der Waals surface area contributed by atoms with Gasteiger partial charge < -0.3 is 30.5 Å². The van der Waals surface area contributed by atoms with Gasteiger partial charge in [0.1, 0.15) is 23.2 Å². The third-order valence-corrected chi connectivity index (χ3v) is 4.60. The van der Waals surface area contributed by atoms with Crippen LogP contribution in [0.25, 0.3) is 0 Å². The van der Waals surface area contributed by atoms with Crippen molar-refractivity contribution >= 4 is 23.5 Å². The van der Waals surface area contributed by atoms with Crippen LogP contribution in [-0.2, 0) is 4.74 Å². The molecule has 0 spiro atoms. The summed E-state index contributed by atoms with van der Waals surface area (Å²) in [4.78, 5) is 10.4. The number of hydrogen-bond acceptors (Lipinski definition) is 10. The number of rotatable bonds is 4. The molecule has 0 unspecified atom stereocenters. The number of aliphatic hydroxyl groups is 3. The lowest BCUT2D eigenvalue weighted by atomic mass is 10.1. The Morgan fingerprint density at radius 1 is 1.39 bits per heavy atom. The number of hydrogen-bond donors (Lipinski definition) is 4. The van der Waals surface area contributed by atoms with Gasteiger partial charge in [0.2, 0.25) is 11.8 Å². The van der Waals surface area contributed by atoms with Gasteiger partial charge in [-0.3, -0.25) is 4.90 Å². The average molecular weight is 342 g/mol. The number of nitrogens with two attached hydrogens (primary N) is 1. The summed E-state index contributed by atoms with van der Waals surface area (Å²) in [5.74, 6) is 0.737. The van der Waals surface area contributed by atoms with Gasteiger partial charge in [-0.15, -0.1) is 0 Å². The SMILES string of the molecule is C=C1Sc2c(OCC)nc(N)nc2N1[C@@H]1O[C@H](CO)[C@@H](O)[C@H]1O. The van der Waals surface area contributed by atoms with Gasteiger partial charge in [0, 0.05) is 0 Å². The number of thioether (sulfide) groups is 1. The van der Waals surface area contributed by atoms with Crippen molar-refractivity contribution in [1.82, 2.24) is 9.97 Å². The van der Waals surface area contributed by atoms with Gasteiger partial charge >= 0.3 is 0 Å². The molecule has 0 amide bonds. The van der Waals surface area contributed by atoms with Crippen molar-refractivity contribution in [3.8, 4) is 5.88 Å². The molecule has 5 N–H and O–H groups in total. The van der Waals surface area contributed by atoms with E-state index in [1.54, 1.807) is 0 Å². The van der Waals surface area contributed by atoms with Crippen LogP contribution in [0, 0.1) is 0 Å². The van der Waals surface area contributed by atoms with Gasteiger partial charge in [0.25, 0.3) is 0 Å². The van der Waals surface area contributed by atoms with E-state index < -0.39 is 31.1 Å². The summed E-state index contributed by atoms with van der Waals surface area (Å²) in [5, 5.41) is 29.9. The van der Waals surface area contributed by atoms with Crippen molar-refractivity contribution in [3.63, 3.8) is 0 Å². The summed E-state index contributed by atoms with van der Waals surface area (Å²) >= 11 is 1.26. The largest absolute Gasteiger partial charge is 0.477 e. The maximum atomic E-state index is 10.2. The summed E-state index contributed by atoms with van der Waals surface area (Å²) in [5.41, 5.74) is 5.72. The molecule has 1 aromatic rings. The van der Waals surface area contributed by atoms with E-state index in [4.69, 9.17) is 15.2 Å². The summed E-state index contributed by atoms with van der Waals surface area (Å²) in [6, 6.07) is 0. The molecule has 1 saturated heterocycles. The second-order valence-electron chi connectivity index (χ2n) is 5.07. The number of aliphatic hydroxyl groups excluding tert-OH is 3. The predicted molar refractivity (Wildman–Crippen MR) is 82.8 cm³/mol. The predicted octanol–water partition coefficient (Wildman–Crippen LogP) is -0.720. The van der Waals surface area contributed by atoms with E-state index in [0.29, 0.717) is 28.2 Å². The minimum Gasteiger partial charge on any atom is -0.477 e. The molecule has 2 aliphatic heterocycles. The Morgan fingerprint density at radius 3 is 2.74 bits per heavy atom. The molecule has 0 aromatic carbocycles. The fourth-order valence-electron chi connectivity index (χ4n) is 2.56. The first-order valence-corrected chi connectivity index (χ1v) is 7.88. The van der Waals surface area contributed by atoms with Crippen LogP contribution in [-0.4, -0.2) is 63.0 Å². The van der Waals surface area contributed by atoms with Crippen molar-refractivity contribution in [3.05, 3.63) is 11.6 Å². The van der Waals surface area contributed by atoms with Crippen molar-refractivity contribution < 1.29 is 24.8 Å². The first-order chi connectivity index (χ1) is 11.0. The van der Waals surface area contributed by atoms with Crippen molar-refractivity contribution in [1.29, 1.82) is 0 Å². The Balaban J connectivity index is 1.99. The summed E-state index contributed by atoms with van der Waals surface area (Å²) < 4.78 is 11.0. The van der Waals surface area contributed by atoms with Crippen LogP contribution < -0.4 is 15.4 Å². The lowest BCUT2D eigenvalue weighted by Gasteiger charge is -2.27. The molecule has 3 heterocycles. The quantitative estimate of drug-likeness (QED) is 0.555. The molecule has 0 bridgehead atoms. The first-order valence-electron chi connectivity index (χ1n) is 7.06. The molecule has 0 aliphatic carbocycles. The van der Waals surface area contributed by atoms with Gasteiger partial charge in [-0.25, -0.2) is 0 Å². The average Bonchev–Trinajstić information content (AvgIpc) is 2.97. The highest BCUT2D eigenvalue weighted by Gasteiger charge is 2.49. The Labute approximate surface area is 136 Å². The third kappa shape index (κ3) is 2.62. The van der Waals surface area contributed by atoms with Gasteiger partial charge in [-0.05, 0) is 6.92 Å². The van der Waals surface area contributed by atoms with Gasteiger partial charge in [-0.1, -0.05) is 18.3 Å². The molecule has 10 heteroatoms. The van der Waals surface area contributed by atoms with Gasteiger partial charge in [-0.2, -0.15) is 9.97 Å². The molecule has 0 radical (unpaired) electrons. The summed E-state index contributed by atoms with van der Waals surface area (Å²) in [6.07, 6.45) is -4.27. The summed E-state index contributed by atoms with van der Waals surface area (Å²) in [6.45, 7) is 5.74. The molecular weight excluding hydrogens is 324 g/mol. The van der Waals surface area contributed by atoms with Crippen LogP contribution in [0.5, 0.6) is 5.88 Å². The number of aromatic nitrogens is 2. The lowest BCUT2D eigenvalue weighted by Crippen LogP contribution is -2.42. The Bertz CT molecular complexity index is 631. The molecule has 3 rings (SSSR count). The number of ether oxygens (including phenoxy) is 2. The summed E-state index contributed by atoms with van der Waals surface area (Å²) in [7, 11) is 0. The molecule has 1 fully saturated rings. The first kappa shape index (κ1) is 16.3. The highest BCUT2D eigenvalue weighted by atomic mass is 32.2. The molecule has 9 nitrogen and oxygen atoms in total. The lowest BCUT2D eigenvalue weighted by molar-refractivity contribution is -0.0205. The van der Waals surface area contributed by atoms with Crippen LogP contribution in [0.3, 0.4) is 0 Å². The molecule has 0 saturated carbocycles. The number of nitrogens with zero attached hydrogens (tertiary/aromatic N) is 3. The van der Waals surface area contributed by atoms with Crippen LogP contribution >= 0.6 is 11.8 Å². The molecule has 2 aliphatic rings. The molecule has 4 atom stereocenters. The van der Waals surface area contributed by atoms with Crippen LogP contribution in [0.15, 0.2) is 16.5 Å². The second kappa shape index (κ2) is 6.13. The zero-order valence-electron chi connectivity index (χ0n) is 12.4. The molecule has 1 aromatic heterocycles. The van der Waals surface area contributed by atoms with Crippen molar-refractivity contribution in [2.45, 2.75) is 36.4 Å². The zero-order valence-corrected chi connectivity index (χ0v) is 13.2. The Kier molecular flexibility index (Phi) is 4.34. The molecule has 126 valence electrons. The normalized spacial score (nSPS) is 29.9. The molecular formula is C13H18N4O5S. The second-order valence-corrected chi connectivity index (χ2v) is 6.15. The van der Waals surface area contributed by atoms with E-state index in [2.05, 4.69) is 16.5 Å². The fraction of sp³-hybridized carbons (Fsp3) is 0.538. The smallest absolute Gasteiger partial charge is 0.234 e. The van der Waals surface area contributed by atoms with Crippen LogP contribution in [0.1, 0.15) is 6.92 Å². The minimum atomic E-state index is -1.23. The van der Waals surface area contributed by atoms with E-state index in [9.17, 15) is 15.3 Å². The van der Waals surface area contributed by atoms with E-state index in [1.165, 1.54) is 16.7 Å². The van der Waals surface area contributed by atoms with E-state index in [-0.39, 0.29) is 5.95 Å².